The van der Waals surface area contributed by atoms with Crippen molar-refractivity contribution >= 4 is 5.91 Å². The lowest BCUT2D eigenvalue weighted by molar-refractivity contribution is 0.0924. The monoisotopic (exact) mass is 224 g/mol. The number of hydrogen-bond donors (Lipinski definition) is 1. The van der Waals surface area contributed by atoms with E-state index >= 15 is 0 Å². The molecule has 16 heavy (non-hydrogen) atoms. The third kappa shape index (κ3) is 1.58. The van der Waals surface area contributed by atoms with Crippen LogP contribution in [0.5, 0.6) is 0 Å². The van der Waals surface area contributed by atoms with Crippen molar-refractivity contribution in [1.29, 1.82) is 0 Å². The van der Waals surface area contributed by atoms with Gasteiger partial charge in [0.1, 0.15) is 0 Å². The highest BCUT2D eigenvalue weighted by Gasteiger charge is 2.15. The van der Waals surface area contributed by atoms with E-state index in [-0.39, 0.29) is 5.76 Å². The number of aromatic nitrogens is 2. The summed E-state index contributed by atoms with van der Waals surface area (Å²) in [4.78, 5) is 35.2. The smallest absolute Gasteiger partial charge is 0.335 e. The first-order valence-electron chi connectivity index (χ1n) is 4.19. The van der Waals surface area contributed by atoms with Crippen LogP contribution in [-0.2, 0) is 0 Å². The van der Waals surface area contributed by atoms with Crippen LogP contribution in [0.25, 0.3) is 0 Å². The molecule has 2 aromatic rings. The molecule has 0 aliphatic rings. The van der Waals surface area contributed by atoms with Gasteiger partial charge >= 0.3 is 11.6 Å². The second-order valence-electron chi connectivity index (χ2n) is 2.89. The standard InChI is InChI=1S/C9H5FN2O4/c10-5-4-12(9(15)11-7(5)13)8(14)6-2-1-3-16-6/h1-4H,(H,11,13,15). The van der Waals surface area contributed by atoms with E-state index < -0.39 is 23.0 Å². The maximum Gasteiger partial charge on any atom is 0.335 e. The third-order valence-electron chi connectivity index (χ3n) is 1.85. The van der Waals surface area contributed by atoms with Gasteiger partial charge < -0.3 is 4.42 Å². The Balaban J connectivity index is 2.58. The Bertz CT molecular complexity index is 638. The molecule has 7 heteroatoms. The van der Waals surface area contributed by atoms with Gasteiger partial charge in [-0.1, -0.05) is 0 Å². The molecule has 1 N–H and O–H groups in total. The minimum absolute atomic E-state index is 0.131. The largest absolute Gasteiger partial charge is 0.459 e. The molecule has 0 aliphatic heterocycles. The van der Waals surface area contributed by atoms with E-state index in [9.17, 15) is 18.8 Å². The molecule has 0 amide bonds. The van der Waals surface area contributed by atoms with Gasteiger partial charge in [0.15, 0.2) is 5.76 Å². The third-order valence-corrected chi connectivity index (χ3v) is 1.85. The summed E-state index contributed by atoms with van der Waals surface area (Å²) >= 11 is 0. The zero-order valence-corrected chi connectivity index (χ0v) is 7.77. The van der Waals surface area contributed by atoms with Crippen LogP contribution in [0.15, 0.2) is 38.6 Å². The number of aromatic amines is 1. The molecule has 0 aromatic carbocycles. The Hall–Kier alpha value is -2.44. The van der Waals surface area contributed by atoms with Crippen molar-refractivity contribution in [2.75, 3.05) is 0 Å². The number of nitrogens with one attached hydrogen (secondary N) is 1. The second kappa shape index (κ2) is 3.61. The van der Waals surface area contributed by atoms with Crippen molar-refractivity contribution in [2.24, 2.45) is 0 Å². The van der Waals surface area contributed by atoms with E-state index in [4.69, 9.17) is 4.42 Å². The van der Waals surface area contributed by atoms with Crippen LogP contribution in [0.3, 0.4) is 0 Å². The first kappa shape index (κ1) is 10.1. The maximum absolute atomic E-state index is 12.9. The maximum atomic E-state index is 12.9. The number of carbonyl (C=O) groups is 1. The van der Waals surface area contributed by atoms with Gasteiger partial charge in [0.25, 0.3) is 5.56 Å². The molecule has 0 saturated heterocycles. The summed E-state index contributed by atoms with van der Waals surface area (Å²) in [7, 11) is 0. The Labute approximate surface area is 86.9 Å². The summed E-state index contributed by atoms with van der Waals surface area (Å²) in [6.45, 7) is 0. The zero-order chi connectivity index (χ0) is 11.7. The molecule has 2 aromatic heterocycles. The molecule has 2 rings (SSSR count). The molecule has 0 spiro atoms. The van der Waals surface area contributed by atoms with E-state index in [0.29, 0.717) is 10.8 Å². The second-order valence-corrected chi connectivity index (χ2v) is 2.89. The van der Waals surface area contributed by atoms with Crippen LogP contribution in [-0.4, -0.2) is 15.5 Å². The van der Waals surface area contributed by atoms with E-state index in [2.05, 4.69) is 0 Å². The highest BCUT2D eigenvalue weighted by molar-refractivity contribution is 5.92. The highest BCUT2D eigenvalue weighted by Crippen LogP contribution is 2.01. The van der Waals surface area contributed by atoms with Gasteiger partial charge in [0.05, 0.1) is 12.5 Å². The van der Waals surface area contributed by atoms with Gasteiger partial charge in [-0.3, -0.25) is 14.6 Å². The topological polar surface area (TPSA) is 85.1 Å². The van der Waals surface area contributed by atoms with E-state index in [1.807, 2.05) is 0 Å². The van der Waals surface area contributed by atoms with Crippen LogP contribution >= 0.6 is 0 Å². The van der Waals surface area contributed by atoms with E-state index in [0.717, 1.165) is 0 Å². The number of hydrogen-bond acceptors (Lipinski definition) is 4. The van der Waals surface area contributed by atoms with Crippen molar-refractivity contribution in [3.63, 3.8) is 0 Å². The lowest BCUT2D eigenvalue weighted by Gasteiger charge is -1.99. The number of rotatable bonds is 1. The quantitative estimate of drug-likeness (QED) is 0.736. The fourth-order valence-corrected chi connectivity index (χ4v) is 1.12. The summed E-state index contributed by atoms with van der Waals surface area (Å²) < 4.78 is 18.1. The molecule has 6 nitrogen and oxygen atoms in total. The SMILES string of the molecule is O=C(c1ccco1)n1cc(F)c(=O)[nH]c1=O. The Morgan fingerprint density at radius 1 is 1.44 bits per heavy atom. The lowest BCUT2D eigenvalue weighted by atomic mass is 10.4. The molecular formula is C9H5FN2O4. The summed E-state index contributed by atoms with van der Waals surface area (Å²) in [5.74, 6) is -2.21. The van der Waals surface area contributed by atoms with Gasteiger partial charge in [0.2, 0.25) is 5.82 Å². The average molecular weight is 224 g/mol. The predicted octanol–water partition coefficient (Wildman–Crippen LogP) is -0.0428. The summed E-state index contributed by atoms with van der Waals surface area (Å²) in [6.07, 6.45) is 1.76. The Morgan fingerprint density at radius 3 is 2.81 bits per heavy atom. The molecule has 0 unspecified atom stereocenters. The van der Waals surface area contributed by atoms with Crippen LogP contribution in [0, 0.1) is 5.82 Å². The average Bonchev–Trinajstić information content (AvgIpc) is 2.75. The molecule has 0 atom stereocenters. The number of carbonyl (C=O) groups excluding carboxylic acids is 1. The van der Waals surface area contributed by atoms with E-state index in [1.165, 1.54) is 18.4 Å². The fourth-order valence-electron chi connectivity index (χ4n) is 1.12. The van der Waals surface area contributed by atoms with Gasteiger partial charge in [-0.15, -0.1) is 0 Å². The van der Waals surface area contributed by atoms with Crippen LogP contribution < -0.4 is 11.2 Å². The van der Waals surface area contributed by atoms with Gasteiger partial charge in [-0.05, 0) is 12.1 Å². The fraction of sp³-hybridized carbons (Fsp3) is 0. The summed E-state index contributed by atoms with van der Waals surface area (Å²) in [5, 5.41) is 0. The molecule has 0 bridgehead atoms. The van der Waals surface area contributed by atoms with Crippen molar-refractivity contribution < 1.29 is 13.6 Å². The number of halogens is 1. The molecule has 0 radical (unpaired) electrons. The molecule has 2 heterocycles. The van der Waals surface area contributed by atoms with Crippen LogP contribution in [0.4, 0.5) is 4.39 Å². The Morgan fingerprint density at radius 2 is 2.19 bits per heavy atom. The molecule has 82 valence electrons. The zero-order valence-electron chi connectivity index (χ0n) is 7.77. The minimum Gasteiger partial charge on any atom is -0.459 e. The van der Waals surface area contributed by atoms with E-state index in [1.54, 1.807) is 4.98 Å². The van der Waals surface area contributed by atoms with Gasteiger partial charge in [-0.2, -0.15) is 4.39 Å². The van der Waals surface area contributed by atoms with Gasteiger partial charge in [0, 0.05) is 0 Å². The summed E-state index contributed by atoms with van der Waals surface area (Å²) in [5.41, 5.74) is -2.19. The highest BCUT2D eigenvalue weighted by atomic mass is 19.1. The first-order valence-corrected chi connectivity index (χ1v) is 4.19. The van der Waals surface area contributed by atoms with Crippen LogP contribution in [0.2, 0.25) is 0 Å². The van der Waals surface area contributed by atoms with Crippen molar-refractivity contribution in [3.05, 3.63) is 57.0 Å². The van der Waals surface area contributed by atoms with Crippen molar-refractivity contribution in [3.8, 4) is 0 Å². The Kier molecular flexibility index (Phi) is 2.28. The number of H-pyrrole nitrogens is 1. The molecule has 0 fully saturated rings. The van der Waals surface area contributed by atoms with Crippen molar-refractivity contribution in [1.82, 2.24) is 9.55 Å². The number of furan rings is 1. The first-order chi connectivity index (χ1) is 7.59. The normalized spacial score (nSPS) is 10.3. The van der Waals surface area contributed by atoms with Gasteiger partial charge in [-0.25, -0.2) is 9.36 Å². The lowest BCUT2D eigenvalue weighted by Crippen LogP contribution is -2.35. The number of nitrogens with zero attached hydrogens (tertiary/aromatic N) is 1. The molecular weight excluding hydrogens is 219 g/mol. The predicted molar refractivity (Wildman–Crippen MR) is 49.7 cm³/mol. The molecule has 0 aliphatic carbocycles. The van der Waals surface area contributed by atoms with Crippen LogP contribution in [0.1, 0.15) is 10.6 Å². The van der Waals surface area contributed by atoms with Crippen molar-refractivity contribution in [2.45, 2.75) is 0 Å². The minimum atomic E-state index is -1.22. The molecule has 0 saturated carbocycles. The summed E-state index contributed by atoms with van der Waals surface area (Å²) in [6, 6.07) is 2.76.